The Kier molecular flexibility index (Phi) is 7.51. The van der Waals surface area contributed by atoms with E-state index in [1.807, 2.05) is 4.90 Å². The Labute approximate surface area is 167 Å². The van der Waals surface area contributed by atoms with Crippen LogP contribution in [0.3, 0.4) is 0 Å². The highest BCUT2D eigenvalue weighted by Crippen LogP contribution is 2.23. The van der Waals surface area contributed by atoms with Gasteiger partial charge in [-0.1, -0.05) is 24.3 Å². The Hall–Kier alpha value is -2.31. The van der Waals surface area contributed by atoms with Crippen molar-refractivity contribution < 1.29 is 9.53 Å². The third-order valence-corrected chi connectivity index (χ3v) is 5.36. The average Bonchev–Trinajstić information content (AvgIpc) is 2.74. The highest BCUT2D eigenvalue weighted by atomic mass is 16.5. The first kappa shape index (κ1) is 20.4. The van der Waals surface area contributed by atoms with Gasteiger partial charge < -0.3 is 9.64 Å². The molecule has 150 valence electrons. The number of nitrogens with zero attached hydrogens (tertiary/aromatic N) is 4. The van der Waals surface area contributed by atoms with E-state index in [2.05, 4.69) is 46.2 Å². The lowest BCUT2D eigenvalue weighted by molar-refractivity contribution is 0.0684. The maximum Gasteiger partial charge on any atom is 0.274 e. The fourth-order valence-corrected chi connectivity index (χ4v) is 3.66. The van der Waals surface area contributed by atoms with Crippen molar-refractivity contribution in [2.45, 2.75) is 25.8 Å². The smallest absolute Gasteiger partial charge is 0.274 e. The lowest BCUT2D eigenvalue weighted by atomic mass is 9.90. The third kappa shape index (κ3) is 5.84. The predicted molar refractivity (Wildman–Crippen MR) is 109 cm³/mol. The lowest BCUT2D eigenvalue weighted by Crippen LogP contribution is -2.39. The SMILES string of the molecule is COCCN(C)Cc1ccc(CC2CCN(C(=O)c3cnccn3)CC2)cc1. The van der Waals surface area contributed by atoms with Gasteiger partial charge in [-0.2, -0.15) is 0 Å². The molecular formula is C22H30N4O2. The quantitative estimate of drug-likeness (QED) is 0.702. The number of hydrogen-bond donors (Lipinski definition) is 0. The molecule has 1 aliphatic heterocycles. The van der Waals surface area contributed by atoms with Crippen LogP contribution in [-0.4, -0.2) is 66.1 Å². The van der Waals surface area contributed by atoms with E-state index >= 15 is 0 Å². The fraction of sp³-hybridized carbons (Fsp3) is 0.500. The van der Waals surface area contributed by atoms with Crippen molar-refractivity contribution in [2.75, 3.05) is 40.4 Å². The molecule has 0 N–H and O–H groups in total. The van der Waals surface area contributed by atoms with E-state index in [0.717, 1.165) is 52.0 Å². The number of amides is 1. The molecule has 1 amide bonds. The Morgan fingerprint density at radius 3 is 2.54 bits per heavy atom. The molecule has 0 radical (unpaired) electrons. The van der Waals surface area contributed by atoms with Gasteiger partial charge >= 0.3 is 0 Å². The van der Waals surface area contributed by atoms with E-state index in [-0.39, 0.29) is 5.91 Å². The molecule has 1 fully saturated rings. The summed E-state index contributed by atoms with van der Waals surface area (Å²) in [6.45, 7) is 4.22. The minimum Gasteiger partial charge on any atom is -0.383 e. The number of ether oxygens (including phenoxy) is 1. The van der Waals surface area contributed by atoms with Crippen LogP contribution in [0, 0.1) is 5.92 Å². The van der Waals surface area contributed by atoms with Crippen LogP contribution < -0.4 is 0 Å². The van der Waals surface area contributed by atoms with Gasteiger partial charge in [0, 0.05) is 45.7 Å². The van der Waals surface area contributed by atoms with E-state index in [0.29, 0.717) is 11.6 Å². The number of likely N-dealkylation sites (N-methyl/N-ethyl adjacent to an activating group) is 1. The van der Waals surface area contributed by atoms with E-state index in [4.69, 9.17) is 4.74 Å². The molecule has 6 nitrogen and oxygen atoms in total. The molecule has 28 heavy (non-hydrogen) atoms. The van der Waals surface area contributed by atoms with Gasteiger partial charge in [-0.05, 0) is 43.4 Å². The second kappa shape index (κ2) is 10.3. The van der Waals surface area contributed by atoms with E-state index in [9.17, 15) is 4.79 Å². The van der Waals surface area contributed by atoms with Gasteiger partial charge in [0.15, 0.2) is 0 Å². The van der Waals surface area contributed by atoms with Crippen LogP contribution in [0.2, 0.25) is 0 Å². The summed E-state index contributed by atoms with van der Waals surface area (Å²) in [5.41, 5.74) is 3.14. The Morgan fingerprint density at radius 2 is 1.89 bits per heavy atom. The third-order valence-electron chi connectivity index (χ3n) is 5.36. The second-order valence-electron chi connectivity index (χ2n) is 7.58. The number of hydrogen-bond acceptors (Lipinski definition) is 5. The minimum absolute atomic E-state index is 0.00602. The normalized spacial score (nSPS) is 15.2. The molecule has 0 spiro atoms. The van der Waals surface area contributed by atoms with Crippen molar-refractivity contribution in [3.05, 3.63) is 59.7 Å². The molecule has 2 heterocycles. The topological polar surface area (TPSA) is 58.6 Å². The van der Waals surface area contributed by atoms with Crippen LogP contribution in [0.1, 0.15) is 34.5 Å². The maximum atomic E-state index is 12.5. The number of benzene rings is 1. The van der Waals surface area contributed by atoms with E-state index < -0.39 is 0 Å². The van der Waals surface area contributed by atoms with Gasteiger partial charge in [-0.3, -0.25) is 14.7 Å². The van der Waals surface area contributed by atoms with Crippen molar-refractivity contribution in [3.63, 3.8) is 0 Å². The van der Waals surface area contributed by atoms with Crippen molar-refractivity contribution in [1.29, 1.82) is 0 Å². The molecule has 0 bridgehead atoms. The van der Waals surface area contributed by atoms with Gasteiger partial charge in [0.1, 0.15) is 5.69 Å². The van der Waals surface area contributed by atoms with E-state index in [1.165, 1.54) is 11.1 Å². The zero-order valence-corrected chi connectivity index (χ0v) is 16.9. The lowest BCUT2D eigenvalue weighted by Gasteiger charge is -2.31. The van der Waals surface area contributed by atoms with Crippen LogP contribution in [0.5, 0.6) is 0 Å². The highest BCUT2D eigenvalue weighted by molar-refractivity contribution is 5.92. The summed E-state index contributed by atoms with van der Waals surface area (Å²) in [4.78, 5) is 24.7. The van der Waals surface area contributed by atoms with Gasteiger partial charge in [0.2, 0.25) is 0 Å². The summed E-state index contributed by atoms with van der Waals surface area (Å²) in [5.74, 6) is 0.620. The van der Waals surface area contributed by atoms with Crippen molar-refractivity contribution in [1.82, 2.24) is 19.8 Å². The summed E-state index contributed by atoms with van der Waals surface area (Å²) in [6, 6.07) is 8.95. The number of aromatic nitrogens is 2. The number of likely N-dealkylation sites (tertiary alicyclic amines) is 1. The number of piperidine rings is 1. The van der Waals surface area contributed by atoms with Gasteiger partial charge in [-0.15, -0.1) is 0 Å². The Morgan fingerprint density at radius 1 is 1.18 bits per heavy atom. The summed E-state index contributed by atoms with van der Waals surface area (Å²) in [6.07, 6.45) is 7.85. The van der Waals surface area contributed by atoms with Crippen LogP contribution in [0.25, 0.3) is 0 Å². The summed E-state index contributed by atoms with van der Waals surface area (Å²) in [7, 11) is 3.85. The zero-order valence-electron chi connectivity index (χ0n) is 16.9. The number of methoxy groups -OCH3 is 1. The predicted octanol–water partition coefficient (Wildman–Crippen LogP) is 2.65. The summed E-state index contributed by atoms with van der Waals surface area (Å²) >= 11 is 0. The molecule has 0 aliphatic carbocycles. The first-order chi connectivity index (χ1) is 13.7. The van der Waals surface area contributed by atoms with Gasteiger partial charge in [-0.25, -0.2) is 4.98 Å². The molecule has 2 aromatic rings. The molecule has 1 aliphatic rings. The molecule has 3 rings (SSSR count). The van der Waals surface area contributed by atoms with Crippen LogP contribution >= 0.6 is 0 Å². The van der Waals surface area contributed by atoms with Crippen molar-refractivity contribution in [3.8, 4) is 0 Å². The van der Waals surface area contributed by atoms with Gasteiger partial charge in [0.05, 0.1) is 12.8 Å². The fourth-order valence-electron chi connectivity index (χ4n) is 3.66. The van der Waals surface area contributed by atoms with E-state index in [1.54, 1.807) is 25.7 Å². The molecule has 0 unspecified atom stereocenters. The molecular weight excluding hydrogens is 352 g/mol. The van der Waals surface area contributed by atoms with Crippen LogP contribution in [0.15, 0.2) is 42.9 Å². The summed E-state index contributed by atoms with van der Waals surface area (Å²) < 4.78 is 5.13. The molecule has 0 atom stereocenters. The first-order valence-corrected chi connectivity index (χ1v) is 9.96. The Balaban J connectivity index is 1.45. The Bertz CT molecular complexity index is 728. The first-order valence-electron chi connectivity index (χ1n) is 9.96. The van der Waals surface area contributed by atoms with Crippen LogP contribution in [0.4, 0.5) is 0 Å². The van der Waals surface area contributed by atoms with Gasteiger partial charge in [0.25, 0.3) is 5.91 Å². The second-order valence-corrected chi connectivity index (χ2v) is 7.58. The average molecular weight is 383 g/mol. The molecule has 1 saturated heterocycles. The number of carbonyl (C=O) groups is 1. The highest BCUT2D eigenvalue weighted by Gasteiger charge is 2.24. The van der Waals surface area contributed by atoms with Crippen LogP contribution in [-0.2, 0) is 17.7 Å². The standard InChI is InChI=1S/C22H30N4O2/c1-25(13-14-28-2)17-20-5-3-18(4-6-20)15-19-7-11-26(12-8-19)22(27)21-16-23-9-10-24-21/h3-6,9-10,16,19H,7-8,11-15,17H2,1-2H3. The maximum absolute atomic E-state index is 12.5. The monoisotopic (exact) mass is 382 g/mol. The molecule has 1 aromatic heterocycles. The molecule has 1 aromatic carbocycles. The molecule has 0 saturated carbocycles. The summed E-state index contributed by atoms with van der Waals surface area (Å²) in [5, 5.41) is 0. The molecule has 6 heteroatoms. The largest absolute Gasteiger partial charge is 0.383 e. The minimum atomic E-state index is -0.00602. The van der Waals surface area contributed by atoms with Crippen molar-refractivity contribution in [2.24, 2.45) is 5.92 Å². The number of carbonyl (C=O) groups excluding carboxylic acids is 1. The number of rotatable bonds is 8. The zero-order chi connectivity index (χ0) is 19.8. The van der Waals surface area contributed by atoms with Crippen molar-refractivity contribution >= 4 is 5.91 Å².